The zero-order valence-corrected chi connectivity index (χ0v) is 75.3. The lowest BCUT2D eigenvalue weighted by Crippen LogP contribution is -2.61. The standard InChI is InChI=1S/C93H118N16O20S/c1-11-12-27-74-91(127)106(7)51-79(115)98-70(47-81(117)118)87(123)104-82(55(4)5)93(129)108(9)75(44-60-32-38-64(112)39-33-60)88(124)102-71(43-59-30-36-63(111)37-31-59)89(125)105(6)50-78(114)97-69(46-61-48-95-66-26-20-19-25-65(61)66)86(122)101-68(41-58-28-34-62(110)35-29-58)85(121)100-67(40-54(2)3)84(120)103-73(83(119)96-49-77(94)113)52-130-53-80(116)99-72(42-56-21-15-13-16-22-56)90(126)109(10)76(92(128)107(74)8)45-57-23-17-14-18-24-57/h13-26,28-39,48,54-55,67-76,82,95,110-112H,11-12,27,40-47,49-53H2,1-10H3,(H2,94,113)(H,96,119)(H,97,114)(H,98,115)(H,99,116)(H,100,121)(H,101,122)(H,102,124)(H,103,120)(H,104,123)(H,117,118). The lowest BCUT2D eigenvalue weighted by Gasteiger charge is -2.37. The maximum atomic E-state index is 15.5. The Bertz CT molecular complexity index is 5120. The van der Waals surface area contributed by atoms with Gasteiger partial charge in [-0.25, -0.2) is 0 Å². The zero-order chi connectivity index (χ0) is 95.2. The predicted octanol–water partition coefficient (Wildman–Crippen LogP) is 2.03. The third-order valence-corrected chi connectivity index (χ3v) is 23.2. The zero-order valence-electron chi connectivity index (χ0n) is 74.5. The van der Waals surface area contributed by atoms with Crippen molar-refractivity contribution in [2.45, 2.75) is 172 Å². The molecule has 8 rings (SSSR count). The first kappa shape index (κ1) is 102. The number of aromatic hydroxyl groups is 3. The number of aromatic amines is 1. The van der Waals surface area contributed by atoms with Crippen LogP contribution in [0.3, 0.4) is 0 Å². The molecule has 1 aromatic heterocycles. The number of unbranched alkanes of at least 4 members (excludes halogenated alkanes) is 1. The van der Waals surface area contributed by atoms with Crippen molar-refractivity contribution >= 4 is 117 Å². The molecular weight excluding hydrogens is 1690 g/mol. The molecule has 0 radical (unpaired) electrons. The number of para-hydroxylation sites is 1. The summed E-state index contributed by atoms with van der Waals surface area (Å²) < 4.78 is 0. The second-order valence-electron chi connectivity index (χ2n) is 33.2. The Hall–Kier alpha value is -13.9. The molecule has 1 saturated heterocycles. The van der Waals surface area contributed by atoms with E-state index in [2.05, 4.69) is 52.8 Å². The van der Waals surface area contributed by atoms with Crippen LogP contribution in [0.1, 0.15) is 100 Å². The van der Waals surface area contributed by atoms with Crippen LogP contribution in [-0.4, -0.2) is 277 Å². The third kappa shape index (κ3) is 30.4. The number of hydrogen-bond donors (Lipinski definition) is 15. The van der Waals surface area contributed by atoms with E-state index < -0.39 is 205 Å². The summed E-state index contributed by atoms with van der Waals surface area (Å²) in [4.78, 5) is 243. The lowest BCUT2D eigenvalue weighted by molar-refractivity contribution is -0.151. The molecule has 130 heavy (non-hydrogen) atoms. The summed E-state index contributed by atoms with van der Waals surface area (Å²) in [6.07, 6.45) is -0.159. The quantitative estimate of drug-likeness (QED) is 0.0436. The molecule has 0 aliphatic carbocycles. The van der Waals surface area contributed by atoms with Crippen molar-refractivity contribution in [2.75, 3.05) is 66.4 Å². The fraction of sp³-hybridized carbons (Fsp3) is 0.419. The fourth-order valence-corrected chi connectivity index (χ4v) is 15.8. The van der Waals surface area contributed by atoms with Gasteiger partial charge >= 0.3 is 5.97 Å². The van der Waals surface area contributed by atoms with Crippen molar-refractivity contribution in [1.82, 2.24) is 77.3 Å². The summed E-state index contributed by atoms with van der Waals surface area (Å²) in [5, 5.41) is 65.8. The van der Waals surface area contributed by atoms with Crippen molar-refractivity contribution in [1.29, 1.82) is 0 Å². The van der Waals surface area contributed by atoms with Gasteiger partial charge in [0.2, 0.25) is 88.6 Å². The first-order valence-corrected chi connectivity index (χ1v) is 44.0. The van der Waals surface area contributed by atoms with E-state index in [4.69, 9.17) is 5.73 Å². The molecule has 0 bridgehead atoms. The summed E-state index contributed by atoms with van der Waals surface area (Å²) in [7, 11) is 6.44. The Kier molecular flexibility index (Phi) is 38.2. The van der Waals surface area contributed by atoms with E-state index in [1.165, 1.54) is 122 Å². The number of phenols is 3. The van der Waals surface area contributed by atoms with E-state index in [-0.39, 0.29) is 74.5 Å². The minimum absolute atomic E-state index is 0.0196. The maximum Gasteiger partial charge on any atom is 0.305 e. The molecule has 16 N–H and O–H groups in total. The van der Waals surface area contributed by atoms with Crippen LogP contribution in [0.2, 0.25) is 0 Å². The predicted molar refractivity (Wildman–Crippen MR) is 484 cm³/mol. The molecule has 696 valence electrons. The van der Waals surface area contributed by atoms with E-state index in [1.54, 1.807) is 105 Å². The highest BCUT2D eigenvalue weighted by Gasteiger charge is 2.42. The van der Waals surface area contributed by atoms with Gasteiger partial charge in [-0.2, -0.15) is 0 Å². The SMILES string of the molecule is CCCCC1C(=O)N(C)CC(=O)NC(CC(=O)O)C(=O)NC(C(C)C)C(=O)N(C)C(Cc2ccc(O)cc2)C(=O)NC(Cc2ccc(O)cc2)C(=O)N(C)CC(=O)NC(Cc2c[nH]c3ccccc23)C(=O)NC(Cc2ccc(O)cc2)C(=O)NC(CC(C)C)C(=O)NC(C(=O)NCC(N)=O)CSCC(=O)NC(Cc2ccccc2)C(=O)N(C)C(Cc2ccccc2)C(=O)N1C. The van der Waals surface area contributed by atoms with E-state index in [1.807, 2.05) is 6.92 Å². The number of likely N-dealkylation sites (N-methyl/N-ethyl adjacent to an activating group) is 5. The highest BCUT2D eigenvalue weighted by Crippen LogP contribution is 2.25. The van der Waals surface area contributed by atoms with E-state index in [0.717, 1.165) is 36.3 Å². The number of amides is 15. The number of phenolic OH excluding ortho intramolecular Hbond substituents is 3. The number of carboxylic acids is 1. The van der Waals surface area contributed by atoms with Gasteiger partial charge in [0.1, 0.15) is 83.7 Å². The van der Waals surface area contributed by atoms with Gasteiger partial charge in [0.25, 0.3) is 0 Å². The van der Waals surface area contributed by atoms with Crippen LogP contribution in [0.15, 0.2) is 164 Å². The van der Waals surface area contributed by atoms with E-state index in [9.17, 15) is 58.8 Å². The number of carbonyl (C=O) groups is 16. The van der Waals surface area contributed by atoms with Gasteiger partial charge in [-0.15, -0.1) is 11.8 Å². The molecule has 0 spiro atoms. The molecule has 0 saturated carbocycles. The average molecular weight is 1810 g/mol. The van der Waals surface area contributed by atoms with Crippen LogP contribution in [0.25, 0.3) is 10.9 Å². The minimum atomic E-state index is -1.93. The number of carboxylic acid groups (broad SMARTS) is 1. The molecule has 37 heteroatoms. The second-order valence-corrected chi connectivity index (χ2v) is 34.3. The van der Waals surface area contributed by atoms with Crippen molar-refractivity contribution in [2.24, 2.45) is 17.6 Å². The molecule has 1 fully saturated rings. The normalized spacial score (nSPS) is 21.8. The lowest BCUT2D eigenvalue weighted by atomic mass is 9.98. The van der Waals surface area contributed by atoms with Crippen LogP contribution >= 0.6 is 11.8 Å². The number of fused-ring (bicyclic) bond motifs is 1. The van der Waals surface area contributed by atoms with Crippen LogP contribution in [0, 0.1) is 11.8 Å². The topological polar surface area (TPSA) is 520 Å². The van der Waals surface area contributed by atoms with Gasteiger partial charge in [0.05, 0.1) is 31.8 Å². The number of aromatic nitrogens is 1. The Morgan fingerprint density at radius 1 is 0.454 bits per heavy atom. The van der Waals surface area contributed by atoms with Crippen LogP contribution in [-0.2, 0) is 115 Å². The monoisotopic (exact) mass is 1810 g/mol. The Labute approximate surface area is 758 Å². The van der Waals surface area contributed by atoms with Gasteiger partial charge in [-0.1, -0.05) is 163 Å². The van der Waals surface area contributed by atoms with Crippen LogP contribution in [0.5, 0.6) is 17.2 Å². The highest BCUT2D eigenvalue weighted by molar-refractivity contribution is 8.00. The van der Waals surface area contributed by atoms with Crippen LogP contribution in [0.4, 0.5) is 0 Å². The number of nitrogens with two attached hydrogens (primary N) is 1. The molecule has 1 aliphatic heterocycles. The Morgan fingerprint density at radius 2 is 0.892 bits per heavy atom. The van der Waals surface area contributed by atoms with Crippen molar-refractivity contribution < 1.29 is 97.1 Å². The molecule has 11 atom stereocenters. The Morgan fingerprint density at radius 3 is 1.43 bits per heavy atom. The average Bonchev–Trinajstić information content (AvgIpc) is 1.25. The molecule has 1 aliphatic rings. The number of nitrogens with zero attached hydrogens (tertiary/aromatic N) is 5. The third-order valence-electron chi connectivity index (χ3n) is 22.2. The van der Waals surface area contributed by atoms with Crippen molar-refractivity contribution in [3.8, 4) is 17.2 Å². The van der Waals surface area contributed by atoms with Gasteiger partial charge in [0, 0.05) is 96.6 Å². The van der Waals surface area contributed by atoms with Crippen molar-refractivity contribution in [3.05, 3.63) is 197 Å². The number of aliphatic carboxylic acids is 1. The fourth-order valence-electron chi connectivity index (χ4n) is 15.0. The maximum absolute atomic E-state index is 15.5. The summed E-state index contributed by atoms with van der Waals surface area (Å²) in [6, 6.07) is 23.9. The molecule has 36 nitrogen and oxygen atoms in total. The number of nitrogens with one attached hydrogen (secondary N) is 10. The first-order valence-electron chi connectivity index (χ1n) is 42.8. The minimum Gasteiger partial charge on any atom is -0.508 e. The molecule has 2 heterocycles. The summed E-state index contributed by atoms with van der Waals surface area (Å²) >= 11 is 0.824. The molecule has 11 unspecified atom stereocenters. The van der Waals surface area contributed by atoms with Gasteiger partial charge in [-0.3, -0.25) is 76.7 Å². The highest BCUT2D eigenvalue weighted by atomic mass is 32.2. The summed E-state index contributed by atoms with van der Waals surface area (Å²) in [5.41, 5.74) is 8.89. The largest absolute Gasteiger partial charge is 0.508 e. The number of hydrogen-bond acceptors (Lipinski definition) is 20. The molecular formula is C93H118N16O20S. The van der Waals surface area contributed by atoms with Gasteiger partial charge in [0.15, 0.2) is 0 Å². The number of carbonyl (C=O) groups excluding carboxylic acids is 15. The number of rotatable bonds is 23. The molecule has 7 aromatic rings. The van der Waals surface area contributed by atoms with Gasteiger partial charge in [-0.05, 0) is 101 Å². The molecule has 15 amide bonds. The number of primary amides is 1. The molecule has 6 aromatic carbocycles. The Balaban J connectivity index is 1.22. The number of thioether (sulfide) groups is 1. The van der Waals surface area contributed by atoms with E-state index >= 15 is 38.4 Å². The number of H-pyrrole nitrogens is 1. The summed E-state index contributed by atoms with van der Waals surface area (Å²) in [5.74, 6) is -18.0. The second kappa shape index (κ2) is 48.9. The smallest absolute Gasteiger partial charge is 0.305 e. The van der Waals surface area contributed by atoms with E-state index in [0.29, 0.717) is 57.1 Å². The van der Waals surface area contributed by atoms with Gasteiger partial charge < -0.3 is 103 Å². The summed E-state index contributed by atoms with van der Waals surface area (Å²) in [6.45, 7) is 6.06. The number of benzene rings is 6. The first-order chi connectivity index (χ1) is 61.8. The van der Waals surface area contributed by atoms with Crippen LogP contribution < -0.4 is 53.6 Å². The van der Waals surface area contributed by atoms with Crippen molar-refractivity contribution in [3.63, 3.8) is 0 Å².